The Kier molecular flexibility index (Phi) is 5.08. The number of halogens is 2. The van der Waals surface area contributed by atoms with Crippen LogP contribution in [0.3, 0.4) is 0 Å². The summed E-state index contributed by atoms with van der Waals surface area (Å²) in [7, 11) is 0. The molecule has 2 rings (SSSR count). The van der Waals surface area contributed by atoms with Crippen LogP contribution in [0, 0.1) is 0 Å². The predicted octanol–water partition coefficient (Wildman–Crippen LogP) is 3.27. The molecule has 3 unspecified atom stereocenters. The lowest BCUT2D eigenvalue weighted by molar-refractivity contribution is -0.0648. The molecule has 0 saturated carbocycles. The van der Waals surface area contributed by atoms with Crippen LogP contribution in [0.4, 0.5) is 0 Å². The number of nitrogens with zero attached hydrogens (tertiary/aromatic N) is 1. The van der Waals surface area contributed by atoms with Gasteiger partial charge < -0.3 is 10.5 Å². The zero-order valence-corrected chi connectivity index (χ0v) is 13.7. The Morgan fingerprint density at radius 2 is 2.39 bits per heavy atom. The van der Waals surface area contributed by atoms with Crippen molar-refractivity contribution in [3.8, 4) is 0 Å². The van der Waals surface area contributed by atoms with E-state index >= 15 is 0 Å². The largest absolute Gasteiger partial charge is 0.376 e. The number of hydrogen-bond acceptors (Lipinski definition) is 4. The van der Waals surface area contributed by atoms with Crippen LogP contribution in [-0.4, -0.2) is 36.7 Å². The predicted molar refractivity (Wildman–Crippen MR) is 80.4 cm³/mol. The Morgan fingerprint density at radius 3 is 2.94 bits per heavy atom. The number of nitrogens with two attached hydrogens (primary N) is 1. The molecule has 1 aromatic heterocycles. The quantitative estimate of drug-likeness (QED) is 0.906. The first-order valence-electron chi connectivity index (χ1n) is 6.05. The van der Waals surface area contributed by atoms with Crippen LogP contribution < -0.4 is 5.73 Å². The molecule has 1 aliphatic heterocycles. The highest BCUT2D eigenvalue weighted by Crippen LogP contribution is 2.38. The summed E-state index contributed by atoms with van der Waals surface area (Å²) in [5, 5.41) is 0. The van der Waals surface area contributed by atoms with E-state index in [1.807, 2.05) is 0 Å². The van der Waals surface area contributed by atoms with Crippen LogP contribution in [-0.2, 0) is 4.74 Å². The molecule has 102 valence electrons. The summed E-state index contributed by atoms with van der Waals surface area (Å²) in [4.78, 5) is 3.64. The molecule has 2 N–H and O–H groups in total. The van der Waals surface area contributed by atoms with E-state index in [9.17, 15) is 0 Å². The van der Waals surface area contributed by atoms with E-state index in [0.717, 1.165) is 22.0 Å². The van der Waals surface area contributed by atoms with Gasteiger partial charge in [-0.15, -0.1) is 11.3 Å². The van der Waals surface area contributed by atoms with E-state index < -0.39 is 0 Å². The second kappa shape index (κ2) is 6.20. The van der Waals surface area contributed by atoms with E-state index in [0.29, 0.717) is 12.6 Å². The number of rotatable bonds is 3. The van der Waals surface area contributed by atoms with Gasteiger partial charge in [-0.1, -0.05) is 11.6 Å². The van der Waals surface area contributed by atoms with Crippen LogP contribution in [0.25, 0.3) is 0 Å². The SMILES string of the molecule is CC1CN(C(CN)c2cc(Br)c(Cl)s2)C(C)CO1. The second-order valence-corrected chi connectivity index (χ2v) is 7.25. The van der Waals surface area contributed by atoms with E-state index in [1.54, 1.807) is 11.3 Å². The number of morpholine rings is 1. The van der Waals surface area contributed by atoms with Crippen LogP contribution in [0.15, 0.2) is 10.5 Å². The molecule has 1 aliphatic rings. The maximum absolute atomic E-state index is 6.12. The second-order valence-electron chi connectivity index (χ2n) is 4.71. The Hall–Kier alpha value is 0.350. The fraction of sp³-hybridized carbons (Fsp3) is 0.667. The van der Waals surface area contributed by atoms with Gasteiger partial charge in [0, 0.05) is 28.5 Å². The fourth-order valence-electron chi connectivity index (χ4n) is 2.31. The minimum atomic E-state index is 0.222. The lowest BCUT2D eigenvalue weighted by Gasteiger charge is -2.41. The van der Waals surface area contributed by atoms with E-state index in [2.05, 4.69) is 40.7 Å². The van der Waals surface area contributed by atoms with Gasteiger partial charge in [0.2, 0.25) is 0 Å². The van der Waals surface area contributed by atoms with Crippen molar-refractivity contribution in [2.24, 2.45) is 5.73 Å². The van der Waals surface area contributed by atoms with Gasteiger partial charge in [-0.3, -0.25) is 4.90 Å². The Morgan fingerprint density at radius 1 is 1.67 bits per heavy atom. The molecule has 18 heavy (non-hydrogen) atoms. The van der Waals surface area contributed by atoms with Gasteiger partial charge in [-0.25, -0.2) is 0 Å². The third kappa shape index (κ3) is 3.08. The van der Waals surface area contributed by atoms with Crippen molar-refractivity contribution in [3.63, 3.8) is 0 Å². The van der Waals surface area contributed by atoms with Crippen LogP contribution in [0.5, 0.6) is 0 Å². The zero-order chi connectivity index (χ0) is 13.3. The topological polar surface area (TPSA) is 38.5 Å². The molecular weight excluding hydrogens is 336 g/mol. The minimum Gasteiger partial charge on any atom is -0.376 e. The van der Waals surface area contributed by atoms with Gasteiger partial charge in [-0.2, -0.15) is 0 Å². The Labute approximate surface area is 125 Å². The average Bonchev–Trinajstić information content (AvgIpc) is 2.65. The number of ether oxygens (including phenoxy) is 1. The van der Waals surface area contributed by atoms with E-state index in [4.69, 9.17) is 22.1 Å². The normalized spacial score (nSPS) is 27.4. The van der Waals surface area contributed by atoms with Crippen molar-refractivity contribution in [1.82, 2.24) is 4.90 Å². The van der Waals surface area contributed by atoms with Crippen molar-refractivity contribution < 1.29 is 4.74 Å². The molecule has 1 aromatic rings. The smallest absolute Gasteiger partial charge is 0.107 e. The molecule has 0 bridgehead atoms. The zero-order valence-electron chi connectivity index (χ0n) is 10.5. The highest BCUT2D eigenvalue weighted by Gasteiger charge is 2.31. The molecule has 0 radical (unpaired) electrons. The van der Waals surface area contributed by atoms with Crippen molar-refractivity contribution in [1.29, 1.82) is 0 Å². The molecule has 3 atom stereocenters. The summed E-state index contributed by atoms with van der Waals surface area (Å²) >= 11 is 11.2. The molecule has 0 aromatic carbocycles. The molecular formula is C12H18BrClN2OS. The summed E-state index contributed by atoms with van der Waals surface area (Å²) in [5.74, 6) is 0. The van der Waals surface area contributed by atoms with Crippen LogP contribution >= 0.6 is 38.9 Å². The molecule has 6 heteroatoms. The third-order valence-electron chi connectivity index (χ3n) is 3.27. The average molecular weight is 354 g/mol. The molecule has 0 spiro atoms. The van der Waals surface area contributed by atoms with E-state index in [-0.39, 0.29) is 12.1 Å². The van der Waals surface area contributed by atoms with Crippen molar-refractivity contribution >= 4 is 38.9 Å². The Bertz CT molecular complexity index is 395. The lowest BCUT2D eigenvalue weighted by Crippen LogP contribution is -2.50. The maximum Gasteiger partial charge on any atom is 0.107 e. The fourth-order valence-corrected chi connectivity index (χ4v) is 4.18. The highest BCUT2D eigenvalue weighted by atomic mass is 79.9. The number of hydrogen-bond donors (Lipinski definition) is 1. The molecule has 2 heterocycles. The molecule has 3 nitrogen and oxygen atoms in total. The molecule has 0 amide bonds. The molecule has 1 fully saturated rings. The summed E-state index contributed by atoms with van der Waals surface area (Å²) in [5.41, 5.74) is 5.97. The summed E-state index contributed by atoms with van der Waals surface area (Å²) in [6.45, 7) is 6.55. The van der Waals surface area contributed by atoms with Gasteiger partial charge in [0.15, 0.2) is 0 Å². The van der Waals surface area contributed by atoms with Crippen LogP contribution in [0.1, 0.15) is 24.8 Å². The van der Waals surface area contributed by atoms with Gasteiger partial charge in [0.1, 0.15) is 4.34 Å². The summed E-state index contributed by atoms with van der Waals surface area (Å²) in [6, 6.07) is 2.69. The first-order chi connectivity index (χ1) is 8.52. The standard InChI is InChI=1S/C12H18BrClN2OS/c1-7-6-17-8(2)5-16(7)10(4-15)11-3-9(13)12(14)18-11/h3,7-8,10H,4-6,15H2,1-2H3. The maximum atomic E-state index is 6.12. The number of thiophene rings is 1. The monoisotopic (exact) mass is 352 g/mol. The minimum absolute atomic E-state index is 0.222. The van der Waals surface area contributed by atoms with Crippen LogP contribution in [0.2, 0.25) is 4.34 Å². The first-order valence-corrected chi connectivity index (χ1v) is 8.03. The summed E-state index contributed by atoms with van der Waals surface area (Å²) < 4.78 is 7.41. The van der Waals surface area contributed by atoms with Gasteiger partial charge in [0.25, 0.3) is 0 Å². The van der Waals surface area contributed by atoms with Crippen molar-refractivity contribution in [3.05, 3.63) is 19.8 Å². The van der Waals surface area contributed by atoms with Crippen molar-refractivity contribution in [2.75, 3.05) is 19.7 Å². The third-order valence-corrected chi connectivity index (χ3v) is 5.85. The van der Waals surface area contributed by atoms with Gasteiger partial charge in [-0.05, 0) is 35.8 Å². The summed E-state index contributed by atoms with van der Waals surface area (Å²) in [6.07, 6.45) is 0.258. The first kappa shape index (κ1) is 14.8. The Balaban J connectivity index is 2.21. The van der Waals surface area contributed by atoms with Gasteiger partial charge in [0.05, 0.1) is 18.8 Å². The molecule has 0 aliphatic carbocycles. The highest BCUT2D eigenvalue weighted by molar-refractivity contribution is 9.10. The van der Waals surface area contributed by atoms with E-state index in [1.165, 1.54) is 4.88 Å². The molecule has 1 saturated heterocycles. The van der Waals surface area contributed by atoms with Gasteiger partial charge >= 0.3 is 0 Å². The van der Waals surface area contributed by atoms with Crippen molar-refractivity contribution in [2.45, 2.75) is 32.0 Å². The lowest BCUT2D eigenvalue weighted by atomic mass is 10.1.